The van der Waals surface area contributed by atoms with E-state index >= 15 is 0 Å². The molecule has 1 aromatic carbocycles. The first-order valence-corrected chi connectivity index (χ1v) is 10.7. The Morgan fingerprint density at radius 3 is 2.57 bits per heavy atom. The Morgan fingerprint density at radius 1 is 1.30 bits per heavy atom. The lowest BCUT2D eigenvalue weighted by Gasteiger charge is -2.28. The Balaban J connectivity index is 1.97. The summed E-state index contributed by atoms with van der Waals surface area (Å²) in [5.74, 6) is -3.76. The van der Waals surface area contributed by atoms with Crippen molar-refractivity contribution >= 4 is 34.2 Å². The number of hydrogen-bond acceptors (Lipinski definition) is 3. The quantitative estimate of drug-likeness (QED) is 0.271. The molecule has 0 amide bonds. The van der Waals surface area contributed by atoms with Gasteiger partial charge in [-0.15, -0.1) is 11.8 Å². The average molecular weight is 470 g/mol. The highest BCUT2D eigenvalue weighted by Crippen LogP contribution is 2.38. The van der Waals surface area contributed by atoms with Gasteiger partial charge in [-0.2, -0.15) is 18.3 Å². The van der Waals surface area contributed by atoms with Crippen LogP contribution in [0.15, 0.2) is 34.3 Å². The summed E-state index contributed by atoms with van der Waals surface area (Å²) >= 11 is 7.44. The number of aliphatic imine (C=N–C) groups is 1. The number of aromatic nitrogens is 2. The number of thioether (sulfide) groups is 1. The van der Waals surface area contributed by atoms with Gasteiger partial charge in [-0.05, 0) is 43.2 Å². The van der Waals surface area contributed by atoms with Crippen LogP contribution in [0.5, 0.6) is 0 Å². The zero-order valence-electron chi connectivity index (χ0n) is 15.8. The van der Waals surface area contributed by atoms with Crippen molar-refractivity contribution in [1.82, 2.24) is 9.78 Å². The number of alkyl halides is 5. The third-order valence-electron chi connectivity index (χ3n) is 4.98. The Hall–Kier alpha value is -1.68. The van der Waals surface area contributed by atoms with Crippen molar-refractivity contribution in [1.29, 1.82) is 0 Å². The van der Waals surface area contributed by atoms with Crippen molar-refractivity contribution in [2.24, 2.45) is 10.9 Å². The molecule has 0 saturated heterocycles. The minimum absolute atomic E-state index is 0.0133. The highest BCUT2D eigenvalue weighted by Gasteiger charge is 2.39. The second-order valence-corrected chi connectivity index (χ2v) is 8.34. The van der Waals surface area contributed by atoms with Gasteiger partial charge >= 0.3 is 6.18 Å². The van der Waals surface area contributed by atoms with Gasteiger partial charge in [0.1, 0.15) is 22.8 Å². The maximum atomic E-state index is 14.1. The van der Waals surface area contributed by atoms with Crippen LogP contribution >= 0.6 is 23.4 Å². The Bertz CT molecular complexity index is 931. The highest BCUT2D eigenvalue weighted by molar-refractivity contribution is 7.98. The lowest BCUT2D eigenvalue weighted by atomic mass is 9.87. The average Bonchev–Trinajstić information content (AvgIpc) is 3.09. The van der Waals surface area contributed by atoms with Crippen molar-refractivity contribution in [2.45, 2.75) is 49.2 Å². The fourth-order valence-electron chi connectivity index (χ4n) is 3.34. The van der Waals surface area contributed by atoms with Gasteiger partial charge in [0.25, 0.3) is 0 Å². The molecule has 1 aliphatic carbocycles. The minimum atomic E-state index is -4.76. The molecule has 0 unspecified atom stereocenters. The molecule has 1 aromatic heterocycles. The second kappa shape index (κ2) is 8.82. The third kappa shape index (κ3) is 5.32. The van der Waals surface area contributed by atoms with Crippen molar-refractivity contribution in [3.05, 3.63) is 41.5 Å². The van der Waals surface area contributed by atoms with E-state index in [-0.39, 0.29) is 43.8 Å². The smallest absolute Gasteiger partial charge is 0.261 e. The first-order valence-electron chi connectivity index (χ1n) is 9.09. The number of rotatable bonds is 5. The van der Waals surface area contributed by atoms with E-state index in [0.29, 0.717) is 11.1 Å². The van der Waals surface area contributed by atoms with E-state index in [1.54, 1.807) is 6.26 Å². The summed E-state index contributed by atoms with van der Waals surface area (Å²) in [4.78, 5) is 4.53. The van der Waals surface area contributed by atoms with Crippen molar-refractivity contribution in [3.8, 4) is 0 Å². The molecule has 164 valence electrons. The van der Waals surface area contributed by atoms with Crippen LogP contribution in [-0.4, -0.2) is 27.1 Å². The molecule has 1 saturated carbocycles. The van der Waals surface area contributed by atoms with Gasteiger partial charge in [0.2, 0.25) is 5.92 Å². The summed E-state index contributed by atoms with van der Waals surface area (Å²) in [6.07, 6.45) is -2.71. The molecule has 2 aromatic rings. The normalized spacial score (nSPS) is 18.1. The molecular formula is C19H18ClF6N3S. The molecular weight excluding hydrogens is 452 g/mol. The first kappa shape index (κ1) is 23.0. The zero-order valence-corrected chi connectivity index (χ0v) is 17.4. The SMILES string of the molecule is CSc1ccc(F)c(/N=C(\Cl)c2c(C(F)(F)F)cnn2CC2CCC(F)(F)CC2)c1. The number of nitrogens with zero attached hydrogens (tertiary/aromatic N) is 3. The minimum Gasteiger partial charge on any atom is -0.261 e. The predicted octanol–water partition coefficient (Wildman–Crippen LogP) is 6.91. The van der Waals surface area contributed by atoms with Crippen molar-refractivity contribution in [3.63, 3.8) is 0 Å². The van der Waals surface area contributed by atoms with E-state index in [4.69, 9.17) is 11.6 Å². The van der Waals surface area contributed by atoms with Crippen LogP contribution in [0, 0.1) is 11.7 Å². The van der Waals surface area contributed by atoms with Gasteiger partial charge in [-0.25, -0.2) is 18.2 Å². The maximum Gasteiger partial charge on any atom is 0.420 e. The third-order valence-corrected chi connectivity index (χ3v) is 5.97. The van der Waals surface area contributed by atoms with Gasteiger partial charge in [0.15, 0.2) is 5.17 Å². The molecule has 3 nitrogen and oxygen atoms in total. The fourth-order valence-corrected chi connectivity index (χ4v) is 4.06. The molecule has 0 aliphatic heterocycles. The molecule has 0 bridgehead atoms. The van der Waals surface area contributed by atoms with Gasteiger partial charge in [-0.3, -0.25) is 4.68 Å². The highest BCUT2D eigenvalue weighted by atomic mass is 35.5. The molecule has 0 N–H and O–H groups in total. The van der Waals surface area contributed by atoms with E-state index in [9.17, 15) is 26.3 Å². The summed E-state index contributed by atoms with van der Waals surface area (Å²) in [5.41, 5.74) is -1.82. The van der Waals surface area contributed by atoms with Crippen LogP contribution in [0.25, 0.3) is 0 Å². The van der Waals surface area contributed by atoms with Crippen LogP contribution in [0.2, 0.25) is 0 Å². The number of benzene rings is 1. The van der Waals surface area contributed by atoms with Gasteiger partial charge in [-0.1, -0.05) is 11.6 Å². The summed E-state index contributed by atoms with van der Waals surface area (Å²) in [7, 11) is 0. The summed E-state index contributed by atoms with van der Waals surface area (Å²) in [6.45, 7) is -0.0133. The topological polar surface area (TPSA) is 30.2 Å². The van der Waals surface area contributed by atoms with Gasteiger partial charge < -0.3 is 0 Å². The first-order chi connectivity index (χ1) is 14.0. The van der Waals surface area contributed by atoms with E-state index in [1.807, 2.05) is 0 Å². The molecule has 1 aliphatic rings. The van der Waals surface area contributed by atoms with E-state index in [2.05, 4.69) is 10.1 Å². The van der Waals surface area contributed by atoms with Crippen molar-refractivity contribution in [2.75, 3.05) is 6.26 Å². The van der Waals surface area contributed by atoms with Crippen LogP contribution in [0.3, 0.4) is 0 Å². The molecule has 3 rings (SSSR count). The second-order valence-electron chi connectivity index (χ2n) is 7.11. The molecule has 0 radical (unpaired) electrons. The Kier molecular flexibility index (Phi) is 6.76. The maximum absolute atomic E-state index is 14.1. The fraction of sp³-hybridized carbons (Fsp3) is 0.474. The van der Waals surface area contributed by atoms with Crippen LogP contribution in [0.1, 0.15) is 36.9 Å². The Labute approximate surface area is 178 Å². The number of halogens is 7. The lowest BCUT2D eigenvalue weighted by Crippen LogP contribution is -2.28. The van der Waals surface area contributed by atoms with Crippen molar-refractivity contribution < 1.29 is 26.3 Å². The summed E-state index contributed by atoms with van der Waals surface area (Å²) in [6, 6.07) is 4.04. The van der Waals surface area contributed by atoms with Gasteiger partial charge in [0.05, 0.1) is 6.20 Å². The van der Waals surface area contributed by atoms with Crippen LogP contribution in [-0.2, 0) is 12.7 Å². The standard InChI is InChI=1S/C19H18ClF6N3S/c1-30-12-2-3-14(21)15(8-12)28-17(20)16-13(19(24,25)26)9-27-29(16)10-11-4-6-18(22,23)7-5-11/h2-3,8-9,11H,4-7,10H2,1H3/b28-17-. The predicted molar refractivity (Wildman–Crippen MR) is 104 cm³/mol. The molecule has 1 fully saturated rings. The Morgan fingerprint density at radius 2 is 1.97 bits per heavy atom. The van der Waals surface area contributed by atoms with E-state index in [0.717, 1.165) is 10.7 Å². The zero-order chi connectivity index (χ0) is 22.1. The van der Waals surface area contributed by atoms with E-state index < -0.39 is 34.3 Å². The van der Waals surface area contributed by atoms with Crippen LogP contribution in [0.4, 0.5) is 32.0 Å². The summed E-state index contributed by atoms with van der Waals surface area (Å²) < 4.78 is 82.4. The number of hydrogen-bond donors (Lipinski definition) is 0. The summed E-state index contributed by atoms with van der Waals surface area (Å²) in [5, 5.41) is 3.21. The monoisotopic (exact) mass is 469 g/mol. The van der Waals surface area contributed by atoms with Gasteiger partial charge in [0, 0.05) is 24.3 Å². The van der Waals surface area contributed by atoms with E-state index in [1.165, 1.54) is 23.9 Å². The molecule has 0 spiro atoms. The largest absolute Gasteiger partial charge is 0.420 e. The molecule has 30 heavy (non-hydrogen) atoms. The molecule has 1 heterocycles. The lowest BCUT2D eigenvalue weighted by molar-refractivity contribution is -0.137. The molecule has 0 atom stereocenters. The van der Waals surface area contributed by atoms with Crippen LogP contribution < -0.4 is 0 Å². The molecule has 11 heteroatoms.